The van der Waals surface area contributed by atoms with Crippen LogP contribution in [-0.2, 0) is 17.6 Å². The van der Waals surface area contributed by atoms with Gasteiger partial charge in [-0.05, 0) is 44.1 Å². The second-order valence-electron chi connectivity index (χ2n) is 6.24. The SMILES string of the molecule is O=C(Nc1nccs1)[C@@H]1CCCN1C(=O)c1csc2c1CCCC2. The van der Waals surface area contributed by atoms with E-state index in [0.29, 0.717) is 11.7 Å². The highest BCUT2D eigenvalue weighted by molar-refractivity contribution is 7.13. The lowest BCUT2D eigenvalue weighted by molar-refractivity contribution is -0.119. The van der Waals surface area contributed by atoms with Gasteiger partial charge in [0.15, 0.2) is 5.13 Å². The number of carbonyl (C=O) groups is 2. The van der Waals surface area contributed by atoms with Gasteiger partial charge < -0.3 is 10.2 Å². The molecule has 1 saturated heterocycles. The summed E-state index contributed by atoms with van der Waals surface area (Å²) >= 11 is 3.09. The first-order chi connectivity index (χ1) is 11.7. The van der Waals surface area contributed by atoms with E-state index in [-0.39, 0.29) is 17.9 Å². The van der Waals surface area contributed by atoms with Crippen molar-refractivity contribution < 1.29 is 9.59 Å². The number of thiophene rings is 1. The van der Waals surface area contributed by atoms with Crippen molar-refractivity contribution in [3.8, 4) is 0 Å². The minimum atomic E-state index is -0.388. The lowest BCUT2D eigenvalue weighted by Gasteiger charge is -2.24. The van der Waals surface area contributed by atoms with Crippen molar-refractivity contribution in [2.24, 2.45) is 0 Å². The number of nitrogens with zero attached hydrogens (tertiary/aromatic N) is 2. The van der Waals surface area contributed by atoms with Gasteiger partial charge in [-0.3, -0.25) is 9.59 Å². The van der Waals surface area contributed by atoms with E-state index in [9.17, 15) is 9.59 Å². The zero-order valence-electron chi connectivity index (χ0n) is 13.3. The van der Waals surface area contributed by atoms with Gasteiger partial charge in [0.05, 0.1) is 5.56 Å². The number of hydrogen-bond acceptors (Lipinski definition) is 5. The summed E-state index contributed by atoms with van der Waals surface area (Å²) in [5, 5.41) is 7.24. The third-order valence-corrected chi connectivity index (χ3v) is 6.55. The molecular weight excluding hydrogens is 342 g/mol. The van der Waals surface area contributed by atoms with Crippen molar-refractivity contribution in [3.63, 3.8) is 0 Å². The average molecular weight is 361 g/mol. The zero-order valence-corrected chi connectivity index (χ0v) is 14.9. The summed E-state index contributed by atoms with van der Waals surface area (Å²) in [5.41, 5.74) is 2.05. The molecule has 2 aromatic heterocycles. The fourth-order valence-electron chi connectivity index (χ4n) is 3.58. The molecule has 2 aromatic rings. The van der Waals surface area contributed by atoms with Gasteiger partial charge >= 0.3 is 0 Å². The van der Waals surface area contributed by atoms with Crippen LogP contribution in [0.1, 0.15) is 46.5 Å². The molecule has 5 nitrogen and oxygen atoms in total. The van der Waals surface area contributed by atoms with E-state index in [4.69, 9.17) is 0 Å². The molecule has 1 aliphatic heterocycles. The molecule has 7 heteroatoms. The summed E-state index contributed by atoms with van der Waals surface area (Å²) in [6, 6.07) is -0.388. The number of carbonyl (C=O) groups excluding carboxylic acids is 2. The minimum absolute atomic E-state index is 0.0196. The molecule has 1 atom stereocenters. The molecule has 2 amide bonds. The second kappa shape index (κ2) is 6.64. The molecule has 126 valence electrons. The molecule has 1 aliphatic carbocycles. The van der Waals surface area contributed by atoms with Crippen LogP contribution in [0.15, 0.2) is 17.0 Å². The largest absolute Gasteiger partial charge is 0.327 e. The number of hydrogen-bond donors (Lipinski definition) is 1. The quantitative estimate of drug-likeness (QED) is 0.912. The van der Waals surface area contributed by atoms with Gasteiger partial charge in [0.25, 0.3) is 5.91 Å². The summed E-state index contributed by atoms with van der Waals surface area (Å²) in [4.78, 5) is 32.8. The third-order valence-electron chi connectivity index (χ3n) is 4.77. The molecule has 1 fully saturated rings. The molecule has 0 unspecified atom stereocenters. The van der Waals surface area contributed by atoms with Gasteiger partial charge in [0, 0.05) is 28.4 Å². The van der Waals surface area contributed by atoms with Crippen LogP contribution in [0.3, 0.4) is 0 Å². The van der Waals surface area contributed by atoms with Gasteiger partial charge in [-0.1, -0.05) is 0 Å². The topological polar surface area (TPSA) is 62.3 Å². The monoisotopic (exact) mass is 361 g/mol. The Morgan fingerprint density at radius 3 is 2.92 bits per heavy atom. The number of aryl methyl sites for hydroxylation is 1. The fourth-order valence-corrected chi connectivity index (χ4v) is 5.24. The van der Waals surface area contributed by atoms with E-state index in [1.165, 1.54) is 28.2 Å². The maximum Gasteiger partial charge on any atom is 0.255 e. The molecule has 24 heavy (non-hydrogen) atoms. The van der Waals surface area contributed by atoms with E-state index < -0.39 is 0 Å². The van der Waals surface area contributed by atoms with Gasteiger partial charge in [-0.15, -0.1) is 22.7 Å². The number of likely N-dealkylation sites (tertiary alicyclic amines) is 1. The number of anilines is 1. The van der Waals surface area contributed by atoms with Crippen molar-refractivity contribution in [2.45, 2.75) is 44.6 Å². The first-order valence-corrected chi connectivity index (χ1v) is 10.1. The Hall–Kier alpha value is -1.73. The summed E-state index contributed by atoms with van der Waals surface area (Å²) in [7, 11) is 0. The lowest BCUT2D eigenvalue weighted by Crippen LogP contribution is -2.43. The van der Waals surface area contributed by atoms with Gasteiger partial charge in [0.2, 0.25) is 5.91 Å². The van der Waals surface area contributed by atoms with Crippen molar-refractivity contribution >= 4 is 39.6 Å². The van der Waals surface area contributed by atoms with Crippen LogP contribution in [0.4, 0.5) is 5.13 Å². The maximum absolute atomic E-state index is 13.0. The Morgan fingerprint density at radius 2 is 2.08 bits per heavy atom. The van der Waals surface area contributed by atoms with Crippen molar-refractivity contribution in [2.75, 3.05) is 11.9 Å². The van der Waals surface area contributed by atoms with E-state index in [2.05, 4.69) is 10.3 Å². The minimum Gasteiger partial charge on any atom is -0.327 e. The Balaban J connectivity index is 1.53. The normalized spacial score (nSPS) is 20.0. The standard InChI is InChI=1S/C17H19N3O2S2/c21-15(19-17-18-7-9-23-17)13-5-3-8-20(13)16(22)12-10-24-14-6-2-1-4-11(12)14/h7,9-10,13H,1-6,8H2,(H,18,19,21)/t13-/m0/s1. The summed E-state index contributed by atoms with van der Waals surface area (Å²) in [5.74, 6) is -0.105. The predicted molar refractivity (Wildman–Crippen MR) is 95.8 cm³/mol. The van der Waals surface area contributed by atoms with E-state index in [1.54, 1.807) is 22.4 Å². The van der Waals surface area contributed by atoms with E-state index in [0.717, 1.165) is 37.7 Å². The van der Waals surface area contributed by atoms with Crippen LogP contribution >= 0.6 is 22.7 Å². The Morgan fingerprint density at radius 1 is 1.21 bits per heavy atom. The molecule has 0 radical (unpaired) electrons. The van der Waals surface area contributed by atoms with Crippen molar-refractivity contribution in [1.29, 1.82) is 0 Å². The number of fused-ring (bicyclic) bond motifs is 1. The number of rotatable bonds is 3. The first-order valence-electron chi connectivity index (χ1n) is 8.34. The molecule has 0 spiro atoms. The van der Waals surface area contributed by atoms with Crippen LogP contribution in [0.5, 0.6) is 0 Å². The maximum atomic E-state index is 13.0. The van der Waals surface area contributed by atoms with E-state index in [1.807, 2.05) is 10.8 Å². The molecule has 1 N–H and O–H groups in total. The predicted octanol–water partition coefficient (Wildman–Crippen LogP) is 3.33. The molecule has 0 aromatic carbocycles. The third kappa shape index (κ3) is 2.86. The fraction of sp³-hybridized carbons (Fsp3) is 0.471. The van der Waals surface area contributed by atoms with Crippen molar-refractivity contribution in [3.05, 3.63) is 33.0 Å². The Kier molecular flexibility index (Phi) is 4.37. The number of thiazole rings is 1. The highest BCUT2D eigenvalue weighted by Crippen LogP contribution is 2.32. The number of aromatic nitrogens is 1. The second-order valence-corrected chi connectivity index (χ2v) is 8.10. The molecule has 2 aliphatic rings. The molecule has 3 heterocycles. The van der Waals surface area contributed by atoms with E-state index >= 15 is 0 Å². The summed E-state index contributed by atoms with van der Waals surface area (Å²) in [6.07, 6.45) is 7.69. The molecular formula is C17H19N3O2S2. The Bertz CT molecular complexity index is 754. The highest BCUT2D eigenvalue weighted by Gasteiger charge is 2.36. The number of nitrogens with one attached hydrogen (secondary N) is 1. The van der Waals surface area contributed by atoms with Crippen molar-refractivity contribution in [1.82, 2.24) is 9.88 Å². The highest BCUT2D eigenvalue weighted by atomic mass is 32.1. The average Bonchev–Trinajstić information content (AvgIpc) is 3.34. The smallest absolute Gasteiger partial charge is 0.255 e. The van der Waals surface area contributed by atoms with Crippen LogP contribution in [-0.4, -0.2) is 34.3 Å². The van der Waals surface area contributed by atoms with Crippen LogP contribution in [0.2, 0.25) is 0 Å². The summed E-state index contributed by atoms with van der Waals surface area (Å²) < 4.78 is 0. The van der Waals surface area contributed by atoms with Crippen LogP contribution < -0.4 is 5.32 Å². The molecule has 0 saturated carbocycles. The van der Waals surface area contributed by atoms with Gasteiger partial charge in [0.1, 0.15) is 6.04 Å². The van der Waals surface area contributed by atoms with Gasteiger partial charge in [-0.25, -0.2) is 4.98 Å². The summed E-state index contributed by atoms with van der Waals surface area (Å²) in [6.45, 7) is 0.652. The van der Waals surface area contributed by atoms with Crippen LogP contribution in [0.25, 0.3) is 0 Å². The lowest BCUT2D eigenvalue weighted by atomic mass is 9.95. The van der Waals surface area contributed by atoms with Gasteiger partial charge in [-0.2, -0.15) is 0 Å². The number of amides is 2. The zero-order chi connectivity index (χ0) is 16.5. The Labute approximate surface area is 148 Å². The molecule has 0 bridgehead atoms. The first kappa shape index (κ1) is 15.8. The van der Waals surface area contributed by atoms with Crippen LogP contribution in [0, 0.1) is 0 Å². The molecule has 4 rings (SSSR count).